The normalized spacial score (nSPS) is 23.3. The molecule has 1 aliphatic rings. The lowest BCUT2D eigenvalue weighted by Gasteiger charge is -1.99. The van der Waals surface area contributed by atoms with Gasteiger partial charge in [0.15, 0.2) is 11.0 Å². The summed E-state index contributed by atoms with van der Waals surface area (Å²) in [5.74, 6) is 1.97. The summed E-state index contributed by atoms with van der Waals surface area (Å²) < 4.78 is 1.72. The van der Waals surface area contributed by atoms with Crippen LogP contribution >= 0.6 is 11.8 Å². The highest BCUT2D eigenvalue weighted by Gasteiger charge is 2.14. The van der Waals surface area contributed by atoms with Crippen molar-refractivity contribution in [2.45, 2.75) is 19.4 Å². The number of thioether (sulfide) groups is 1. The number of amidine groups is 1. The van der Waals surface area contributed by atoms with Gasteiger partial charge >= 0.3 is 0 Å². The molecule has 1 aromatic heterocycles. The second-order valence-corrected chi connectivity index (χ2v) is 4.64. The Labute approximate surface area is 93.4 Å². The fraction of sp³-hybridized carbons (Fsp3) is 0.667. The SMILES string of the molecule is CC1CSC(=NCCc2ncn(C)n2)N1. The Kier molecular flexibility index (Phi) is 3.25. The van der Waals surface area contributed by atoms with Gasteiger partial charge in [-0.15, -0.1) is 0 Å². The Morgan fingerprint density at radius 1 is 1.73 bits per heavy atom. The Morgan fingerprint density at radius 2 is 2.60 bits per heavy atom. The molecule has 1 saturated heterocycles. The number of nitrogens with zero attached hydrogens (tertiary/aromatic N) is 4. The first kappa shape index (κ1) is 10.5. The van der Waals surface area contributed by atoms with Crippen molar-refractivity contribution in [2.24, 2.45) is 12.0 Å². The number of aryl methyl sites for hydroxylation is 1. The minimum absolute atomic E-state index is 0.543. The van der Waals surface area contributed by atoms with Crippen LogP contribution < -0.4 is 5.32 Å². The minimum Gasteiger partial charge on any atom is -0.362 e. The van der Waals surface area contributed by atoms with Crippen molar-refractivity contribution in [1.82, 2.24) is 20.1 Å². The van der Waals surface area contributed by atoms with Crippen LogP contribution in [0.5, 0.6) is 0 Å². The Morgan fingerprint density at radius 3 is 3.20 bits per heavy atom. The molecule has 0 radical (unpaired) electrons. The quantitative estimate of drug-likeness (QED) is 0.811. The van der Waals surface area contributed by atoms with Crippen molar-refractivity contribution in [2.75, 3.05) is 12.3 Å². The average molecular weight is 225 g/mol. The van der Waals surface area contributed by atoms with Crippen molar-refractivity contribution >= 4 is 16.9 Å². The molecule has 1 fully saturated rings. The van der Waals surface area contributed by atoms with Gasteiger partial charge in [-0.3, -0.25) is 9.67 Å². The number of hydrogen-bond acceptors (Lipinski definition) is 4. The molecule has 2 heterocycles. The first-order valence-electron chi connectivity index (χ1n) is 5.02. The second kappa shape index (κ2) is 4.65. The number of aliphatic imine (C=N–C) groups is 1. The van der Waals surface area contributed by atoms with Crippen LogP contribution in [0.4, 0.5) is 0 Å². The highest BCUT2D eigenvalue weighted by molar-refractivity contribution is 8.14. The number of nitrogens with one attached hydrogen (secondary N) is 1. The molecule has 0 amide bonds. The lowest BCUT2D eigenvalue weighted by Crippen LogP contribution is -2.23. The molecule has 2 rings (SSSR count). The fourth-order valence-electron chi connectivity index (χ4n) is 1.35. The number of rotatable bonds is 3. The third-order valence-corrected chi connectivity index (χ3v) is 3.26. The summed E-state index contributed by atoms with van der Waals surface area (Å²) >= 11 is 1.78. The highest BCUT2D eigenvalue weighted by Crippen LogP contribution is 2.12. The van der Waals surface area contributed by atoms with Gasteiger partial charge in [-0.25, -0.2) is 4.98 Å². The van der Waals surface area contributed by atoms with Gasteiger partial charge in [0.1, 0.15) is 6.33 Å². The molecule has 0 spiro atoms. The largest absolute Gasteiger partial charge is 0.362 e. The van der Waals surface area contributed by atoms with E-state index in [0.717, 1.165) is 29.7 Å². The fourth-order valence-corrected chi connectivity index (χ4v) is 2.30. The van der Waals surface area contributed by atoms with Crippen molar-refractivity contribution in [3.63, 3.8) is 0 Å². The van der Waals surface area contributed by atoms with Crippen LogP contribution in [0.2, 0.25) is 0 Å². The number of hydrogen-bond donors (Lipinski definition) is 1. The molecule has 0 aromatic carbocycles. The maximum absolute atomic E-state index is 4.46. The van der Waals surface area contributed by atoms with Crippen LogP contribution in [-0.2, 0) is 13.5 Å². The third-order valence-electron chi connectivity index (χ3n) is 2.08. The lowest BCUT2D eigenvalue weighted by molar-refractivity contribution is 0.736. The summed E-state index contributed by atoms with van der Waals surface area (Å²) in [6.07, 6.45) is 2.52. The van der Waals surface area contributed by atoms with E-state index in [1.807, 2.05) is 7.05 Å². The molecule has 6 heteroatoms. The molecule has 5 nitrogen and oxygen atoms in total. The van der Waals surface area contributed by atoms with Gasteiger partial charge in [0.25, 0.3) is 0 Å². The van der Waals surface area contributed by atoms with Gasteiger partial charge in [-0.2, -0.15) is 5.10 Å². The van der Waals surface area contributed by atoms with Gasteiger partial charge in [0.2, 0.25) is 0 Å². The lowest BCUT2D eigenvalue weighted by atomic mass is 10.4. The highest BCUT2D eigenvalue weighted by atomic mass is 32.2. The summed E-state index contributed by atoms with van der Waals surface area (Å²) in [7, 11) is 1.87. The summed E-state index contributed by atoms with van der Waals surface area (Å²) in [4.78, 5) is 8.61. The van der Waals surface area contributed by atoms with E-state index in [-0.39, 0.29) is 0 Å². The average Bonchev–Trinajstić information content (AvgIpc) is 2.76. The first-order valence-corrected chi connectivity index (χ1v) is 6.01. The van der Waals surface area contributed by atoms with Gasteiger partial charge in [-0.1, -0.05) is 11.8 Å². The zero-order valence-corrected chi connectivity index (χ0v) is 9.79. The maximum Gasteiger partial charge on any atom is 0.156 e. The van der Waals surface area contributed by atoms with E-state index in [2.05, 4.69) is 27.3 Å². The summed E-state index contributed by atoms with van der Waals surface area (Å²) in [5.41, 5.74) is 0. The Hall–Kier alpha value is -1.04. The van der Waals surface area contributed by atoms with Crippen LogP contribution in [-0.4, -0.2) is 38.3 Å². The van der Waals surface area contributed by atoms with E-state index in [4.69, 9.17) is 0 Å². The van der Waals surface area contributed by atoms with E-state index in [1.54, 1.807) is 22.8 Å². The smallest absolute Gasteiger partial charge is 0.156 e. The van der Waals surface area contributed by atoms with Gasteiger partial charge in [0.05, 0.1) is 0 Å². The van der Waals surface area contributed by atoms with Crippen LogP contribution in [0, 0.1) is 0 Å². The minimum atomic E-state index is 0.543. The van der Waals surface area contributed by atoms with Crippen LogP contribution in [0.15, 0.2) is 11.3 Å². The molecular formula is C9H15N5S. The van der Waals surface area contributed by atoms with Crippen molar-refractivity contribution in [3.8, 4) is 0 Å². The van der Waals surface area contributed by atoms with Crippen molar-refractivity contribution in [1.29, 1.82) is 0 Å². The van der Waals surface area contributed by atoms with Crippen molar-refractivity contribution < 1.29 is 0 Å². The molecule has 1 atom stereocenters. The Balaban J connectivity index is 1.79. The second-order valence-electron chi connectivity index (χ2n) is 3.63. The Bertz CT molecular complexity index is 359. The van der Waals surface area contributed by atoms with E-state index in [1.165, 1.54) is 0 Å². The van der Waals surface area contributed by atoms with E-state index >= 15 is 0 Å². The van der Waals surface area contributed by atoms with Gasteiger partial charge in [0, 0.05) is 31.8 Å². The van der Waals surface area contributed by atoms with Crippen molar-refractivity contribution in [3.05, 3.63) is 12.2 Å². The molecule has 1 aromatic rings. The van der Waals surface area contributed by atoms with Gasteiger partial charge < -0.3 is 5.32 Å². The van der Waals surface area contributed by atoms with Crippen LogP contribution in [0.25, 0.3) is 0 Å². The monoisotopic (exact) mass is 225 g/mol. The topological polar surface area (TPSA) is 55.1 Å². The zero-order chi connectivity index (χ0) is 10.7. The molecule has 1 aliphatic heterocycles. The molecule has 82 valence electrons. The summed E-state index contributed by atoms with van der Waals surface area (Å²) in [5, 5.41) is 8.57. The van der Waals surface area contributed by atoms with E-state index in [9.17, 15) is 0 Å². The first-order chi connectivity index (χ1) is 7.24. The van der Waals surface area contributed by atoms with Crippen LogP contribution in [0.3, 0.4) is 0 Å². The summed E-state index contributed by atoms with van der Waals surface area (Å²) in [6.45, 7) is 2.92. The predicted molar refractivity (Wildman–Crippen MR) is 62.1 cm³/mol. The zero-order valence-electron chi connectivity index (χ0n) is 8.97. The standard InChI is InChI=1S/C9H15N5S/c1-7-5-15-9(12-7)10-4-3-8-11-6-14(2)13-8/h6-7H,3-5H2,1-2H3,(H,10,12). The summed E-state index contributed by atoms with van der Waals surface area (Å²) in [6, 6.07) is 0.543. The maximum atomic E-state index is 4.46. The molecule has 0 bridgehead atoms. The molecule has 1 unspecified atom stereocenters. The number of aromatic nitrogens is 3. The van der Waals surface area contributed by atoms with Gasteiger partial charge in [-0.05, 0) is 6.92 Å². The molecule has 0 saturated carbocycles. The molecule has 1 N–H and O–H groups in total. The molecular weight excluding hydrogens is 210 g/mol. The third kappa shape index (κ3) is 2.95. The molecule has 15 heavy (non-hydrogen) atoms. The van der Waals surface area contributed by atoms with Crippen LogP contribution in [0.1, 0.15) is 12.7 Å². The van der Waals surface area contributed by atoms with E-state index < -0.39 is 0 Å². The predicted octanol–water partition coefficient (Wildman–Crippen LogP) is 0.438. The van der Waals surface area contributed by atoms with E-state index in [0.29, 0.717) is 6.04 Å². The molecule has 0 aliphatic carbocycles.